The lowest BCUT2D eigenvalue weighted by Gasteiger charge is -2.37. The Kier molecular flexibility index (Phi) is 6.84. The quantitative estimate of drug-likeness (QED) is 0.486. The molecule has 2 aromatic rings. The van der Waals surface area contributed by atoms with Crippen LogP contribution >= 0.6 is 0 Å². The van der Waals surface area contributed by atoms with Gasteiger partial charge < -0.3 is 19.9 Å². The molecule has 148 valence electrons. The third-order valence-corrected chi connectivity index (χ3v) is 4.68. The van der Waals surface area contributed by atoms with Gasteiger partial charge in [-0.1, -0.05) is 18.2 Å². The molecule has 0 amide bonds. The van der Waals surface area contributed by atoms with E-state index in [0.29, 0.717) is 18.7 Å². The molecule has 1 fully saturated rings. The normalized spacial score (nSPS) is 14.7. The van der Waals surface area contributed by atoms with Crippen molar-refractivity contribution in [2.45, 2.75) is 13.5 Å². The molecule has 1 aromatic heterocycles. The largest absolute Gasteiger partial charge is 0.462 e. The lowest BCUT2D eigenvalue weighted by atomic mass is 10.1. The van der Waals surface area contributed by atoms with Crippen molar-refractivity contribution < 1.29 is 9.53 Å². The molecule has 1 saturated heterocycles. The molecule has 1 aromatic carbocycles. The average Bonchev–Trinajstić information content (AvgIpc) is 2.76. The van der Waals surface area contributed by atoms with E-state index in [-0.39, 0.29) is 5.97 Å². The highest BCUT2D eigenvalue weighted by atomic mass is 16.5. The number of hydrogen-bond donors (Lipinski definition) is 1. The van der Waals surface area contributed by atoms with E-state index in [1.807, 2.05) is 36.5 Å². The van der Waals surface area contributed by atoms with Gasteiger partial charge in [-0.2, -0.15) is 0 Å². The van der Waals surface area contributed by atoms with Crippen LogP contribution in [0.1, 0.15) is 22.8 Å². The Balaban J connectivity index is 1.51. The Morgan fingerprint density at radius 1 is 1.14 bits per heavy atom. The number of aliphatic imine (C=N–C) groups is 1. The summed E-state index contributed by atoms with van der Waals surface area (Å²) >= 11 is 0. The summed E-state index contributed by atoms with van der Waals surface area (Å²) in [4.78, 5) is 25.1. The third-order valence-electron chi connectivity index (χ3n) is 4.68. The summed E-state index contributed by atoms with van der Waals surface area (Å²) in [6.07, 6.45) is 1.83. The smallest absolute Gasteiger partial charge is 0.338 e. The summed E-state index contributed by atoms with van der Waals surface area (Å²) in [5.74, 6) is 1.62. The van der Waals surface area contributed by atoms with E-state index in [1.54, 1.807) is 26.1 Å². The van der Waals surface area contributed by atoms with Gasteiger partial charge in [-0.3, -0.25) is 4.99 Å². The molecule has 28 heavy (non-hydrogen) atoms. The van der Waals surface area contributed by atoms with Crippen molar-refractivity contribution in [3.8, 4) is 0 Å². The number of nitrogens with one attached hydrogen (secondary N) is 1. The third kappa shape index (κ3) is 5.00. The molecule has 7 nitrogen and oxygen atoms in total. The summed E-state index contributed by atoms with van der Waals surface area (Å²) in [5.41, 5.74) is 1.65. The van der Waals surface area contributed by atoms with Crippen LogP contribution in [0.25, 0.3) is 0 Å². The zero-order chi connectivity index (χ0) is 19.8. The van der Waals surface area contributed by atoms with Crippen LogP contribution in [0.15, 0.2) is 53.7 Å². The molecular weight excluding hydrogens is 354 g/mol. The second-order valence-electron chi connectivity index (χ2n) is 6.48. The fourth-order valence-corrected chi connectivity index (χ4v) is 3.17. The van der Waals surface area contributed by atoms with Crippen LogP contribution in [-0.2, 0) is 11.3 Å². The molecule has 0 aliphatic carbocycles. The van der Waals surface area contributed by atoms with Crippen molar-refractivity contribution in [3.63, 3.8) is 0 Å². The number of anilines is 1. The van der Waals surface area contributed by atoms with E-state index in [9.17, 15) is 4.79 Å². The predicted molar refractivity (Wildman–Crippen MR) is 111 cm³/mol. The maximum atomic E-state index is 11.7. The number of benzene rings is 1. The van der Waals surface area contributed by atoms with Gasteiger partial charge in [0.15, 0.2) is 5.96 Å². The van der Waals surface area contributed by atoms with Crippen molar-refractivity contribution in [2.75, 3.05) is 44.7 Å². The first-order chi connectivity index (χ1) is 13.7. The van der Waals surface area contributed by atoms with Gasteiger partial charge in [-0.25, -0.2) is 9.78 Å². The minimum Gasteiger partial charge on any atom is -0.462 e. The Hall–Kier alpha value is -3.09. The van der Waals surface area contributed by atoms with Crippen LogP contribution in [0.4, 0.5) is 5.82 Å². The second-order valence-corrected chi connectivity index (χ2v) is 6.48. The molecule has 0 saturated carbocycles. The van der Waals surface area contributed by atoms with E-state index in [2.05, 4.69) is 25.1 Å². The van der Waals surface area contributed by atoms with Crippen LogP contribution in [-0.4, -0.2) is 61.6 Å². The first-order valence-electron chi connectivity index (χ1n) is 9.59. The molecule has 0 unspecified atom stereocenters. The summed E-state index contributed by atoms with van der Waals surface area (Å²) in [6.45, 7) is 6.42. The number of aromatic nitrogens is 1. The topological polar surface area (TPSA) is 70.1 Å². The number of carbonyl (C=O) groups is 1. The molecule has 0 radical (unpaired) electrons. The molecule has 2 heterocycles. The molecule has 3 rings (SSSR count). The maximum Gasteiger partial charge on any atom is 0.338 e. The zero-order valence-electron chi connectivity index (χ0n) is 16.5. The monoisotopic (exact) mass is 381 g/mol. The summed E-state index contributed by atoms with van der Waals surface area (Å²) in [6, 6.07) is 13.5. The molecule has 0 bridgehead atoms. The van der Waals surface area contributed by atoms with Crippen molar-refractivity contribution in [1.82, 2.24) is 15.2 Å². The number of rotatable bonds is 5. The SMILES string of the molecule is CCOC(=O)c1ccc(CNC(=NC)N2CCN(c3ccccn3)CC2)cc1. The Bertz CT molecular complexity index is 784. The number of piperazine rings is 1. The molecule has 0 spiro atoms. The number of pyridine rings is 1. The van der Waals surface area contributed by atoms with Gasteiger partial charge in [-0.15, -0.1) is 0 Å². The molecular formula is C21H27N5O2. The number of guanidine groups is 1. The second kappa shape index (κ2) is 9.73. The van der Waals surface area contributed by atoms with Gasteiger partial charge >= 0.3 is 5.97 Å². The first-order valence-corrected chi connectivity index (χ1v) is 9.59. The summed E-state index contributed by atoms with van der Waals surface area (Å²) in [7, 11) is 1.80. The Morgan fingerprint density at radius 3 is 2.50 bits per heavy atom. The van der Waals surface area contributed by atoms with Crippen LogP contribution in [0, 0.1) is 0 Å². The molecule has 1 N–H and O–H groups in total. The van der Waals surface area contributed by atoms with Gasteiger partial charge in [0, 0.05) is 46.0 Å². The number of esters is 1. The molecule has 0 atom stereocenters. The van der Waals surface area contributed by atoms with E-state index in [1.165, 1.54) is 0 Å². The van der Waals surface area contributed by atoms with E-state index >= 15 is 0 Å². The molecule has 7 heteroatoms. The van der Waals surface area contributed by atoms with Crippen molar-refractivity contribution in [2.24, 2.45) is 4.99 Å². The predicted octanol–water partition coefficient (Wildman–Crippen LogP) is 2.16. The molecule has 1 aliphatic rings. The number of nitrogens with zero attached hydrogens (tertiary/aromatic N) is 4. The summed E-state index contributed by atoms with van der Waals surface area (Å²) in [5, 5.41) is 3.41. The number of carbonyl (C=O) groups excluding carboxylic acids is 1. The lowest BCUT2D eigenvalue weighted by Crippen LogP contribution is -2.52. The minimum absolute atomic E-state index is 0.288. The van der Waals surface area contributed by atoms with Crippen molar-refractivity contribution in [1.29, 1.82) is 0 Å². The lowest BCUT2D eigenvalue weighted by molar-refractivity contribution is 0.0526. The highest BCUT2D eigenvalue weighted by Crippen LogP contribution is 2.13. The minimum atomic E-state index is -0.288. The van der Waals surface area contributed by atoms with Crippen LogP contribution in [0.3, 0.4) is 0 Å². The van der Waals surface area contributed by atoms with Gasteiger partial charge in [-0.05, 0) is 36.8 Å². The van der Waals surface area contributed by atoms with E-state index < -0.39 is 0 Å². The highest BCUT2D eigenvalue weighted by molar-refractivity contribution is 5.89. The highest BCUT2D eigenvalue weighted by Gasteiger charge is 2.20. The van der Waals surface area contributed by atoms with Gasteiger partial charge in [0.1, 0.15) is 5.82 Å². The Labute approximate surface area is 166 Å². The fraction of sp³-hybridized carbons (Fsp3) is 0.381. The Morgan fingerprint density at radius 2 is 1.89 bits per heavy atom. The average molecular weight is 381 g/mol. The van der Waals surface area contributed by atoms with Crippen LogP contribution < -0.4 is 10.2 Å². The van der Waals surface area contributed by atoms with Gasteiger partial charge in [0.2, 0.25) is 0 Å². The van der Waals surface area contributed by atoms with Gasteiger partial charge in [0.05, 0.1) is 12.2 Å². The van der Waals surface area contributed by atoms with E-state index in [0.717, 1.165) is 43.5 Å². The first kappa shape index (κ1) is 19.7. The van der Waals surface area contributed by atoms with Gasteiger partial charge in [0.25, 0.3) is 0 Å². The molecule has 1 aliphatic heterocycles. The van der Waals surface area contributed by atoms with Crippen molar-refractivity contribution >= 4 is 17.7 Å². The fourth-order valence-electron chi connectivity index (χ4n) is 3.17. The zero-order valence-corrected chi connectivity index (χ0v) is 16.5. The van der Waals surface area contributed by atoms with Crippen molar-refractivity contribution in [3.05, 3.63) is 59.8 Å². The van der Waals surface area contributed by atoms with Crippen LogP contribution in [0.5, 0.6) is 0 Å². The van der Waals surface area contributed by atoms with Crippen LogP contribution in [0.2, 0.25) is 0 Å². The standard InChI is InChI=1S/C21H27N5O2/c1-3-28-20(27)18-9-7-17(8-10-18)16-24-21(22-2)26-14-12-25(13-15-26)19-6-4-5-11-23-19/h4-11H,3,12-16H2,1-2H3,(H,22,24). The maximum absolute atomic E-state index is 11.7. The number of hydrogen-bond acceptors (Lipinski definition) is 5. The van der Waals surface area contributed by atoms with E-state index in [4.69, 9.17) is 4.74 Å². The number of ether oxygens (including phenoxy) is 1. The summed E-state index contributed by atoms with van der Waals surface area (Å²) < 4.78 is 5.01.